The Bertz CT molecular complexity index is 284. The maximum absolute atomic E-state index is 11.1. The second-order valence-corrected chi connectivity index (χ2v) is 2.99. The molecular formula is C8H12N2OS. The van der Waals surface area contributed by atoms with Gasteiger partial charge in [0, 0.05) is 18.8 Å². The third-order valence-corrected chi connectivity index (χ3v) is 1.92. The molecule has 0 saturated heterocycles. The van der Waals surface area contributed by atoms with Crippen LogP contribution in [0.25, 0.3) is 0 Å². The molecule has 0 N–H and O–H groups in total. The number of aryl methyl sites for hydroxylation is 1. The van der Waals surface area contributed by atoms with E-state index >= 15 is 0 Å². The Morgan fingerprint density at radius 1 is 1.50 bits per heavy atom. The van der Waals surface area contributed by atoms with Crippen molar-refractivity contribution in [2.45, 2.75) is 19.4 Å². The summed E-state index contributed by atoms with van der Waals surface area (Å²) in [4.78, 5) is 15.0. The van der Waals surface area contributed by atoms with Crippen LogP contribution in [-0.2, 0) is 6.54 Å². The van der Waals surface area contributed by atoms with Crippen molar-refractivity contribution in [3.8, 4) is 0 Å². The molecule has 0 fully saturated rings. The zero-order valence-electron chi connectivity index (χ0n) is 6.81. The predicted molar refractivity (Wildman–Crippen MR) is 51.6 cm³/mol. The molecule has 1 heterocycles. The van der Waals surface area contributed by atoms with Gasteiger partial charge in [0.1, 0.15) is 0 Å². The second kappa shape index (κ2) is 4.98. The molecule has 0 spiro atoms. The van der Waals surface area contributed by atoms with E-state index in [0.29, 0.717) is 0 Å². The van der Waals surface area contributed by atoms with Crippen LogP contribution in [0.2, 0.25) is 0 Å². The van der Waals surface area contributed by atoms with Crippen molar-refractivity contribution in [2.75, 3.05) is 5.75 Å². The largest absolute Gasteiger partial charge is 0.299 e. The van der Waals surface area contributed by atoms with Gasteiger partial charge in [0.15, 0.2) is 0 Å². The molecule has 0 atom stereocenters. The van der Waals surface area contributed by atoms with Gasteiger partial charge in [-0.2, -0.15) is 12.6 Å². The van der Waals surface area contributed by atoms with Crippen LogP contribution in [0.5, 0.6) is 0 Å². The molecular weight excluding hydrogens is 172 g/mol. The first-order valence-electron chi connectivity index (χ1n) is 3.96. The molecule has 0 unspecified atom stereocenters. The first-order valence-corrected chi connectivity index (χ1v) is 4.59. The lowest BCUT2D eigenvalue weighted by atomic mass is 10.3. The number of thiol groups is 1. The maximum Gasteiger partial charge on any atom is 0.253 e. The average molecular weight is 184 g/mol. The summed E-state index contributed by atoms with van der Waals surface area (Å²) < 4.78 is 1.61. The predicted octanol–water partition coefficient (Wildman–Crippen LogP) is 0.953. The fourth-order valence-electron chi connectivity index (χ4n) is 0.940. The van der Waals surface area contributed by atoms with Gasteiger partial charge in [0.05, 0.1) is 6.33 Å². The first kappa shape index (κ1) is 9.32. The highest BCUT2D eigenvalue weighted by Crippen LogP contribution is 1.93. The van der Waals surface area contributed by atoms with E-state index in [1.807, 2.05) is 0 Å². The van der Waals surface area contributed by atoms with Gasteiger partial charge in [0.2, 0.25) is 0 Å². The highest BCUT2D eigenvalue weighted by atomic mass is 32.1. The Morgan fingerprint density at radius 3 is 3.00 bits per heavy atom. The molecule has 4 heteroatoms. The summed E-state index contributed by atoms with van der Waals surface area (Å²) in [5, 5.41) is 0. The third kappa shape index (κ3) is 2.70. The van der Waals surface area contributed by atoms with E-state index in [2.05, 4.69) is 17.6 Å². The Labute approximate surface area is 76.9 Å². The molecule has 0 aromatic carbocycles. The summed E-state index contributed by atoms with van der Waals surface area (Å²) in [7, 11) is 0. The summed E-state index contributed by atoms with van der Waals surface area (Å²) in [6.07, 6.45) is 5.10. The van der Waals surface area contributed by atoms with E-state index in [1.54, 1.807) is 10.9 Å². The average Bonchev–Trinajstić information content (AvgIpc) is 2.09. The number of hydrogen-bond donors (Lipinski definition) is 1. The van der Waals surface area contributed by atoms with Crippen LogP contribution in [-0.4, -0.2) is 15.3 Å². The normalized spacial score (nSPS) is 10.1. The molecule has 12 heavy (non-hydrogen) atoms. The minimum absolute atomic E-state index is 0.0177. The van der Waals surface area contributed by atoms with E-state index in [-0.39, 0.29) is 5.56 Å². The molecule has 0 amide bonds. The quantitative estimate of drug-likeness (QED) is 0.558. The van der Waals surface area contributed by atoms with E-state index in [4.69, 9.17) is 0 Å². The Morgan fingerprint density at radius 2 is 2.33 bits per heavy atom. The second-order valence-electron chi connectivity index (χ2n) is 2.54. The van der Waals surface area contributed by atoms with Crippen LogP contribution in [0.3, 0.4) is 0 Å². The highest BCUT2D eigenvalue weighted by molar-refractivity contribution is 7.80. The minimum atomic E-state index is 0.0177. The van der Waals surface area contributed by atoms with Gasteiger partial charge >= 0.3 is 0 Å². The monoisotopic (exact) mass is 184 g/mol. The van der Waals surface area contributed by atoms with Gasteiger partial charge in [-0.3, -0.25) is 9.36 Å². The summed E-state index contributed by atoms with van der Waals surface area (Å²) in [5.41, 5.74) is 0.0177. The van der Waals surface area contributed by atoms with Crippen LogP contribution in [0, 0.1) is 0 Å². The standard InChI is InChI=1S/C8H12N2OS/c11-8-3-4-9-7-10(8)5-1-2-6-12/h3-4,7,12H,1-2,5-6H2. The van der Waals surface area contributed by atoms with Crippen molar-refractivity contribution in [1.29, 1.82) is 0 Å². The SMILES string of the molecule is O=c1ccncn1CCCCS. The van der Waals surface area contributed by atoms with Crippen LogP contribution >= 0.6 is 12.6 Å². The Hall–Kier alpha value is -0.770. The van der Waals surface area contributed by atoms with Gasteiger partial charge < -0.3 is 0 Å². The van der Waals surface area contributed by atoms with E-state index < -0.39 is 0 Å². The molecule has 0 aliphatic heterocycles. The number of aromatic nitrogens is 2. The van der Waals surface area contributed by atoms with E-state index in [1.165, 1.54) is 12.3 Å². The lowest BCUT2D eigenvalue weighted by Crippen LogP contribution is -2.18. The summed E-state index contributed by atoms with van der Waals surface area (Å²) in [6, 6.07) is 1.47. The molecule has 0 aliphatic carbocycles. The van der Waals surface area contributed by atoms with Gasteiger partial charge in [-0.25, -0.2) is 4.98 Å². The van der Waals surface area contributed by atoms with E-state index in [0.717, 1.165) is 25.1 Å². The molecule has 1 rings (SSSR count). The third-order valence-electron chi connectivity index (χ3n) is 1.60. The Balaban J connectivity index is 2.52. The molecule has 1 aromatic rings. The van der Waals surface area contributed by atoms with E-state index in [9.17, 15) is 4.79 Å². The van der Waals surface area contributed by atoms with Crippen molar-refractivity contribution in [2.24, 2.45) is 0 Å². The summed E-state index contributed by atoms with van der Waals surface area (Å²) >= 11 is 4.09. The maximum atomic E-state index is 11.1. The van der Waals surface area contributed by atoms with Crippen molar-refractivity contribution in [1.82, 2.24) is 9.55 Å². The first-order chi connectivity index (χ1) is 5.84. The molecule has 0 saturated carbocycles. The van der Waals surface area contributed by atoms with Crippen LogP contribution in [0.15, 0.2) is 23.4 Å². The van der Waals surface area contributed by atoms with Crippen molar-refractivity contribution >= 4 is 12.6 Å². The zero-order chi connectivity index (χ0) is 8.81. The van der Waals surface area contributed by atoms with Gasteiger partial charge in [0.25, 0.3) is 5.56 Å². The Kier molecular flexibility index (Phi) is 3.87. The number of rotatable bonds is 4. The topological polar surface area (TPSA) is 34.9 Å². The minimum Gasteiger partial charge on any atom is -0.299 e. The number of hydrogen-bond acceptors (Lipinski definition) is 3. The molecule has 0 bridgehead atoms. The van der Waals surface area contributed by atoms with Crippen LogP contribution < -0.4 is 5.56 Å². The smallest absolute Gasteiger partial charge is 0.253 e. The van der Waals surface area contributed by atoms with Crippen molar-refractivity contribution < 1.29 is 0 Å². The molecule has 0 radical (unpaired) electrons. The number of nitrogens with zero attached hydrogens (tertiary/aromatic N) is 2. The fourth-order valence-corrected chi connectivity index (χ4v) is 1.16. The lowest BCUT2D eigenvalue weighted by molar-refractivity contribution is 0.606. The fraction of sp³-hybridized carbons (Fsp3) is 0.500. The van der Waals surface area contributed by atoms with Gasteiger partial charge in [-0.15, -0.1) is 0 Å². The van der Waals surface area contributed by atoms with Crippen molar-refractivity contribution in [3.63, 3.8) is 0 Å². The zero-order valence-corrected chi connectivity index (χ0v) is 7.70. The number of unbranched alkanes of at least 4 members (excludes halogenated alkanes) is 1. The molecule has 0 aliphatic rings. The van der Waals surface area contributed by atoms with Crippen molar-refractivity contribution in [3.05, 3.63) is 28.9 Å². The van der Waals surface area contributed by atoms with Gasteiger partial charge in [-0.1, -0.05) is 0 Å². The molecule has 66 valence electrons. The molecule has 3 nitrogen and oxygen atoms in total. The van der Waals surface area contributed by atoms with Gasteiger partial charge in [-0.05, 0) is 18.6 Å². The lowest BCUT2D eigenvalue weighted by Gasteiger charge is -2.01. The highest BCUT2D eigenvalue weighted by Gasteiger charge is 1.92. The molecule has 1 aromatic heterocycles. The summed E-state index contributed by atoms with van der Waals surface area (Å²) in [5.74, 6) is 0.870. The van der Waals surface area contributed by atoms with Crippen LogP contribution in [0.4, 0.5) is 0 Å². The van der Waals surface area contributed by atoms with Crippen LogP contribution in [0.1, 0.15) is 12.8 Å². The summed E-state index contributed by atoms with van der Waals surface area (Å²) in [6.45, 7) is 0.743.